The number of carbonyl (C=O) groups is 1. The van der Waals surface area contributed by atoms with Gasteiger partial charge in [0.05, 0.1) is 5.69 Å². The standard InChI is InChI=1S/C19H12ClN5O3/c20-13-6-8-14(9-7-13)25-11-10-15(26)17(22-25)19(27)21-18-16(23-28-24-18)12-4-2-1-3-5-12/h1-11H,(H,21,24,27). The number of hydrogen-bond donors (Lipinski definition) is 1. The molecule has 4 aromatic rings. The predicted molar refractivity (Wildman–Crippen MR) is 103 cm³/mol. The monoisotopic (exact) mass is 393 g/mol. The summed E-state index contributed by atoms with van der Waals surface area (Å²) in [6.45, 7) is 0. The van der Waals surface area contributed by atoms with Crippen molar-refractivity contribution in [1.82, 2.24) is 20.1 Å². The van der Waals surface area contributed by atoms with Crippen molar-refractivity contribution in [2.75, 3.05) is 5.32 Å². The van der Waals surface area contributed by atoms with E-state index in [0.29, 0.717) is 22.0 Å². The van der Waals surface area contributed by atoms with Crippen LogP contribution in [0.2, 0.25) is 5.02 Å². The minimum absolute atomic E-state index is 0.0966. The first-order valence-corrected chi connectivity index (χ1v) is 8.55. The summed E-state index contributed by atoms with van der Waals surface area (Å²) in [7, 11) is 0. The number of amides is 1. The molecule has 0 unspecified atom stereocenters. The third-order valence-corrected chi connectivity index (χ3v) is 4.13. The zero-order chi connectivity index (χ0) is 19.5. The van der Waals surface area contributed by atoms with Gasteiger partial charge in [-0.25, -0.2) is 9.31 Å². The van der Waals surface area contributed by atoms with E-state index in [1.165, 1.54) is 16.9 Å². The lowest BCUT2D eigenvalue weighted by Gasteiger charge is -2.07. The molecule has 0 atom stereocenters. The molecule has 0 aliphatic carbocycles. The van der Waals surface area contributed by atoms with Crippen LogP contribution in [0.1, 0.15) is 10.5 Å². The molecule has 1 N–H and O–H groups in total. The summed E-state index contributed by atoms with van der Waals surface area (Å²) in [5.41, 5.74) is 0.882. The Balaban J connectivity index is 1.65. The predicted octanol–water partition coefficient (Wildman–Crippen LogP) is 3.19. The van der Waals surface area contributed by atoms with Crippen LogP contribution in [0, 0.1) is 0 Å². The van der Waals surface area contributed by atoms with Gasteiger partial charge in [0.1, 0.15) is 0 Å². The molecule has 138 valence electrons. The highest BCUT2D eigenvalue weighted by Gasteiger charge is 2.19. The van der Waals surface area contributed by atoms with Gasteiger partial charge in [-0.3, -0.25) is 9.59 Å². The number of nitrogens with zero attached hydrogens (tertiary/aromatic N) is 4. The van der Waals surface area contributed by atoms with Crippen LogP contribution in [0.15, 0.2) is 76.3 Å². The van der Waals surface area contributed by atoms with Gasteiger partial charge < -0.3 is 5.32 Å². The first-order valence-electron chi connectivity index (χ1n) is 8.17. The molecule has 0 spiro atoms. The van der Waals surface area contributed by atoms with Crippen LogP contribution >= 0.6 is 11.6 Å². The molecule has 0 radical (unpaired) electrons. The Bertz CT molecular complexity index is 1190. The minimum Gasteiger partial charge on any atom is -0.300 e. The van der Waals surface area contributed by atoms with Crippen molar-refractivity contribution in [1.29, 1.82) is 0 Å². The highest BCUT2D eigenvalue weighted by Crippen LogP contribution is 2.24. The number of halogens is 1. The van der Waals surface area contributed by atoms with Crippen molar-refractivity contribution in [3.8, 4) is 16.9 Å². The second kappa shape index (κ2) is 7.45. The molecule has 4 rings (SSSR count). The number of benzene rings is 2. The van der Waals surface area contributed by atoms with Gasteiger partial charge in [-0.2, -0.15) is 5.10 Å². The summed E-state index contributed by atoms with van der Waals surface area (Å²) in [6.07, 6.45) is 1.47. The maximum Gasteiger partial charge on any atom is 0.281 e. The SMILES string of the molecule is O=C(Nc1nonc1-c1ccccc1)c1nn(-c2ccc(Cl)cc2)ccc1=O. The average Bonchev–Trinajstić information content (AvgIpc) is 3.18. The summed E-state index contributed by atoms with van der Waals surface area (Å²) in [5.74, 6) is -0.625. The number of aromatic nitrogens is 4. The van der Waals surface area contributed by atoms with Crippen LogP contribution in [-0.2, 0) is 0 Å². The molecule has 2 aromatic carbocycles. The zero-order valence-corrected chi connectivity index (χ0v) is 15.0. The van der Waals surface area contributed by atoms with Gasteiger partial charge in [-0.1, -0.05) is 41.9 Å². The average molecular weight is 394 g/mol. The molecule has 9 heteroatoms. The van der Waals surface area contributed by atoms with Gasteiger partial charge in [0.15, 0.2) is 11.4 Å². The lowest BCUT2D eigenvalue weighted by atomic mass is 10.1. The largest absolute Gasteiger partial charge is 0.300 e. The van der Waals surface area contributed by atoms with E-state index in [-0.39, 0.29) is 11.5 Å². The van der Waals surface area contributed by atoms with E-state index in [2.05, 4.69) is 20.7 Å². The smallest absolute Gasteiger partial charge is 0.281 e. The van der Waals surface area contributed by atoms with Crippen LogP contribution in [0.3, 0.4) is 0 Å². The molecule has 0 aliphatic rings. The van der Waals surface area contributed by atoms with Crippen molar-refractivity contribution in [2.24, 2.45) is 0 Å². The second-order valence-electron chi connectivity index (χ2n) is 5.73. The summed E-state index contributed by atoms with van der Waals surface area (Å²) in [4.78, 5) is 24.8. The second-order valence-corrected chi connectivity index (χ2v) is 6.17. The Morgan fingerprint density at radius 2 is 1.75 bits per heavy atom. The third kappa shape index (κ3) is 3.53. The Kier molecular flexibility index (Phi) is 4.69. The van der Waals surface area contributed by atoms with Gasteiger partial charge >= 0.3 is 0 Å². The van der Waals surface area contributed by atoms with E-state index in [4.69, 9.17) is 16.2 Å². The van der Waals surface area contributed by atoms with Gasteiger partial charge in [-0.15, -0.1) is 0 Å². The summed E-state index contributed by atoms with van der Waals surface area (Å²) in [6, 6.07) is 17.1. The number of nitrogens with one attached hydrogen (secondary N) is 1. The van der Waals surface area contributed by atoms with E-state index in [9.17, 15) is 9.59 Å². The van der Waals surface area contributed by atoms with Crippen LogP contribution < -0.4 is 10.7 Å². The summed E-state index contributed by atoms with van der Waals surface area (Å²) in [5, 5.41) is 14.7. The molecule has 8 nitrogen and oxygen atoms in total. The molecule has 2 aromatic heterocycles. The fourth-order valence-corrected chi connectivity index (χ4v) is 2.65. The zero-order valence-electron chi connectivity index (χ0n) is 14.2. The van der Waals surface area contributed by atoms with Gasteiger partial charge in [0.2, 0.25) is 11.2 Å². The molecular formula is C19H12ClN5O3. The van der Waals surface area contributed by atoms with Crippen LogP contribution in [-0.4, -0.2) is 26.0 Å². The van der Waals surface area contributed by atoms with Gasteiger partial charge in [-0.05, 0) is 34.6 Å². The number of rotatable bonds is 4. The molecule has 0 saturated heterocycles. The highest BCUT2D eigenvalue weighted by atomic mass is 35.5. The molecule has 0 bridgehead atoms. The normalized spacial score (nSPS) is 10.6. The molecule has 28 heavy (non-hydrogen) atoms. The lowest BCUT2D eigenvalue weighted by Crippen LogP contribution is -2.25. The fourth-order valence-electron chi connectivity index (χ4n) is 2.53. The molecule has 2 heterocycles. The summed E-state index contributed by atoms with van der Waals surface area (Å²) >= 11 is 5.89. The van der Waals surface area contributed by atoms with Crippen molar-refractivity contribution in [3.05, 3.63) is 87.8 Å². The Morgan fingerprint density at radius 1 is 1.00 bits per heavy atom. The first kappa shape index (κ1) is 17.6. The summed E-state index contributed by atoms with van der Waals surface area (Å²) < 4.78 is 6.15. The highest BCUT2D eigenvalue weighted by molar-refractivity contribution is 6.30. The Hall–Kier alpha value is -3.78. The van der Waals surface area contributed by atoms with E-state index in [0.717, 1.165) is 0 Å². The Labute approximate surface area is 163 Å². The quantitative estimate of drug-likeness (QED) is 0.571. The van der Waals surface area contributed by atoms with E-state index in [1.54, 1.807) is 36.4 Å². The maximum absolute atomic E-state index is 12.6. The molecular weight excluding hydrogens is 382 g/mol. The van der Waals surface area contributed by atoms with Gasteiger partial charge in [0.25, 0.3) is 5.91 Å². The van der Waals surface area contributed by atoms with Crippen molar-refractivity contribution in [2.45, 2.75) is 0 Å². The molecule has 0 aliphatic heterocycles. The van der Waals surface area contributed by atoms with Crippen LogP contribution in [0.25, 0.3) is 16.9 Å². The van der Waals surface area contributed by atoms with Gasteiger partial charge in [0, 0.05) is 22.8 Å². The van der Waals surface area contributed by atoms with Crippen molar-refractivity contribution < 1.29 is 9.42 Å². The lowest BCUT2D eigenvalue weighted by molar-refractivity contribution is 0.101. The molecule has 0 saturated carbocycles. The Morgan fingerprint density at radius 3 is 2.50 bits per heavy atom. The number of anilines is 1. The van der Waals surface area contributed by atoms with Crippen molar-refractivity contribution >= 4 is 23.3 Å². The molecule has 1 amide bonds. The third-order valence-electron chi connectivity index (χ3n) is 3.88. The van der Waals surface area contributed by atoms with Crippen molar-refractivity contribution in [3.63, 3.8) is 0 Å². The molecule has 0 fully saturated rings. The minimum atomic E-state index is -0.721. The van der Waals surface area contributed by atoms with E-state index >= 15 is 0 Å². The van der Waals surface area contributed by atoms with Crippen LogP contribution in [0.5, 0.6) is 0 Å². The fraction of sp³-hybridized carbons (Fsp3) is 0. The first-order chi connectivity index (χ1) is 13.6. The van der Waals surface area contributed by atoms with Crippen LogP contribution in [0.4, 0.5) is 5.82 Å². The number of carbonyl (C=O) groups excluding carboxylic acids is 1. The maximum atomic E-state index is 12.6. The van der Waals surface area contributed by atoms with E-state index < -0.39 is 11.3 Å². The van der Waals surface area contributed by atoms with E-state index in [1.807, 2.05) is 18.2 Å². The number of hydrogen-bond acceptors (Lipinski definition) is 6. The topological polar surface area (TPSA) is 103 Å².